The molecule has 0 saturated carbocycles. The van der Waals surface area contributed by atoms with E-state index in [0.717, 1.165) is 43.9 Å². The second kappa shape index (κ2) is 9.75. The van der Waals surface area contributed by atoms with Crippen LogP contribution in [0.25, 0.3) is 11.4 Å². The van der Waals surface area contributed by atoms with Crippen molar-refractivity contribution in [2.24, 2.45) is 0 Å². The normalized spacial score (nSPS) is 15.2. The lowest BCUT2D eigenvalue weighted by Crippen LogP contribution is -2.43. The molecule has 7 heteroatoms. The van der Waals surface area contributed by atoms with Gasteiger partial charge in [-0.2, -0.15) is 4.98 Å². The number of nitrogens with zero attached hydrogens (tertiary/aromatic N) is 3. The number of nitrogens with one attached hydrogen (secondary N) is 1. The molecule has 2 aromatic rings. The molecule has 0 unspecified atom stereocenters. The number of halogens is 1. The standard InChI is InChI=1S/C18H26N4O2.ClH/c1-3-12-22(15-8-10-19-11-9-15)13-17-20-18(21-24-17)14-4-6-16(23-2)7-5-14;/h4-7,15,19H,3,8-13H2,1-2H3;1H. The van der Waals surface area contributed by atoms with Crippen LogP contribution in [0.3, 0.4) is 0 Å². The molecule has 3 rings (SSSR count). The minimum absolute atomic E-state index is 0. The molecule has 1 fully saturated rings. The number of methoxy groups -OCH3 is 1. The number of aromatic nitrogens is 2. The smallest absolute Gasteiger partial charge is 0.241 e. The Morgan fingerprint density at radius 3 is 2.60 bits per heavy atom. The van der Waals surface area contributed by atoms with Gasteiger partial charge in [-0.3, -0.25) is 4.90 Å². The van der Waals surface area contributed by atoms with Crippen molar-refractivity contribution in [1.29, 1.82) is 0 Å². The van der Waals surface area contributed by atoms with Crippen molar-refractivity contribution < 1.29 is 9.26 Å². The molecule has 0 bridgehead atoms. The number of ether oxygens (including phenoxy) is 1. The Bertz CT molecular complexity index is 626. The van der Waals surface area contributed by atoms with E-state index in [0.29, 0.717) is 17.8 Å². The van der Waals surface area contributed by atoms with Crippen molar-refractivity contribution in [3.8, 4) is 17.1 Å². The van der Waals surface area contributed by atoms with Crippen LogP contribution in [0.4, 0.5) is 0 Å². The SMILES string of the molecule is CCCN(Cc1nc(-c2ccc(OC)cc2)no1)C1CCNCC1.Cl. The van der Waals surface area contributed by atoms with Gasteiger partial charge in [0.15, 0.2) is 0 Å². The molecule has 0 amide bonds. The highest BCUT2D eigenvalue weighted by Gasteiger charge is 2.22. The third-order valence-electron chi connectivity index (χ3n) is 4.49. The fourth-order valence-electron chi connectivity index (χ4n) is 3.20. The van der Waals surface area contributed by atoms with Crippen molar-refractivity contribution in [3.63, 3.8) is 0 Å². The maximum Gasteiger partial charge on any atom is 0.241 e. The average Bonchev–Trinajstić information content (AvgIpc) is 3.11. The number of hydrogen-bond donors (Lipinski definition) is 1. The summed E-state index contributed by atoms with van der Waals surface area (Å²) in [5.41, 5.74) is 0.940. The van der Waals surface area contributed by atoms with E-state index in [1.807, 2.05) is 24.3 Å². The van der Waals surface area contributed by atoms with E-state index in [2.05, 4.69) is 27.3 Å². The molecule has 1 N–H and O–H groups in total. The Hall–Kier alpha value is -1.63. The highest BCUT2D eigenvalue weighted by atomic mass is 35.5. The molecular formula is C18H27ClN4O2. The second-order valence-corrected chi connectivity index (χ2v) is 6.19. The maximum absolute atomic E-state index is 5.49. The molecule has 1 aromatic carbocycles. The van der Waals surface area contributed by atoms with E-state index in [-0.39, 0.29) is 12.4 Å². The van der Waals surface area contributed by atoms with E-state index < -0.39 is 0 Å². The number of rotatable bonds is 7. The van der Waals surface area contributed by atoms with Gasteiger partial charge in [-0.15, -0.1) is 12.4 Å². The fraction of sp³-hybridized carbons (Fsp3) is 0.556. The van der Waals surface area contributed by atoms with Crippen molar-refractivity contribution in [3.05, 3.63) is 30.2 Å². The zero-order chi connectivity index (χ0) is 16.8. The van der Waals surface area contributed by atoms with Crippen LogP contribution in [0.2, 0.25) is 0 Å². The van der Waals surface area contributed by atoms with Crippen LogP contribution in [0.5, 0.6) is 5.75 Å². The van der Waals surface area contributed by atoms with Crippen LogP contribution < -0.4 is 10.1 Å². The predicted molar refractivity (Wildman–Crippen MR) is 100 cm³/mol. The Balaban J connectivity index is 0.00000225. The number of hydrogen-bond acceptors (Lipinski definition) is 6. The molecule has 1 aromatic heterocycles. The van der Waals surface area contributed by atoms with Gasteiger partial charge in [-0.1, -0.05) is 12.1 Å². The van der Waals surface area contributed by atoms with Gasteiger partial charge in [0.25, 0.3) is 0 Å². The van der Waals surface area contributed by atoms with Gasteiger partial charge in [-0.25, -0.2) is 0 Å². The molecule has 1 saturated heterocycles. The van der Waals surface area contributed by atoms with Gasteiger partial charge in [-0.05, 0) is 63.2 Å². The lowest BCUT2D eigenvalue weighted by Gasteiger charge is -2.33. The Morgan fingerprint density at radius 2 is 1.96 bits per heavy atom. The number of piperidine rings is 1. The molecule has 0 atom stereocenters. The number of benzene rings is 1. The van der Waals surface area contributed by atoms with Gasteiger partial charge in [0.05, 0.1) is 13.7 Å². The van der Waals surface area contributed by atoms with Crippen LogP contribution in [-0.2, 0) is 6.54 Å². The van der Waals surface area contributed by atoms with Gasteiger partial charge in [0, 0.05) is 11.6 Å². The highest BCUT2D eigenvalue weighted by molar-refractivity contribution is 5.85. The lowest BCUT2D eigenvalue weighted by atomic mass is 10.0. The summed E-state index contributed by atoms with van der Waals surface area (Å²) in [6.07, 6.45) is 3.49. The molecule has 138 valence electrons. The first-order valence-corrected chi connectivity index (χ1v) is 8.72. The van der Waals surface area contributed by atoms with Crippen LogP contribution in [-0.4, -0.2) is 47.8 Å². The molecular weight excluding hydrogens is 340 g/mol. The van der Waals surface area contributed by atoms with E-state index in [1.165, 1.54) is 12.8 Å². The fourth-order valence-corrected chi connectivity index (χ4v) is 3.20. The van der Waals surface area contributed by atoms with Crippen molar-refractivity contribution in [1.82, 2.24) is 20.4 Å². The van der Waals surface area contributed by atoms with Crippen molar-refractivity contribution >= 4 is 12.4 Å². The van der Waals surface area contributed by atoms with Gasteiger partial charge >= 0.3 is 0 Å². The van der Waals surface area contributed by atoms with Crippen molar-refractivity contribution in [2.75, 3.05) is 26.7 Å². The van der Waals surface area contributed by atoms with Crippen LogP contribution in [0.15, 0.2) is 28.8 Å². The van der Waals surface area contributed by atoms with E-state index in [9.17, 15) is 0 Å². The summed E-state index contributed by atoms with van der Waals surface area (Å²) >= 11 is 0. The first-order valence-electron chi connectivity index (χ1n) is 8.72. The van der Waals surface area contributed by atoms with Crippen LogP contribution in [0, 0.1) is 0 Å². The van der Waals surface area contributed by atoms with E-state index >= 15 is 0 Å². The quantitative estimate of drug-likeness (QED) is 0.812. The summed E-state index contributed by atoms with van der Waals surface area (Å²) in [5.74, 6) is 2.14. The Kier molecular flexibility index (Phi) is 7.68. The summed E-state index contributed by atoms with van der Waals surface area (Å²) < 4.78 is 10.7. The first-order chi connectivity index (χ1) is 11.8. The monoisotopic (exact) mass is 366 g/mol. The average molecular weight is 367 g/mol. The highest BCUT2D eigenvalue weighted by Crippen LogP contribution is 2.21. The lowest BCUT2D eigenvalue weighted by molar-refractivity contribution is 0.137. The zero-order valence-corrected chi connectivity index (χ0v) is 15.7. The van der Waals surface area contributed by atoms with Gasteiger partial charge in [0.1, 0.15) is 5.75 Å². The minimum Gasteiger partial charge on any atom is -0.497 e. The molecule has 0 aliphatic carbocycles. The van der Waals surface area contributed by atoms with Crippen LogP contribution >= 0.6 is 12.4 Å². The molecule has 2 heterocycles. The summed E-state index contributed by atoms with van der Waals surface area (Å²) in [6.45, 7) is 6.18. The first kappa shape index (κ1) is 19.7. The third kappa shape index (κ3) is 5.17. The molecule has 0 radical (unpaired) electrons. The van der Waals surface area contributed by atoms with Crippen LogP contribution in [0.1, 0.15) is 32.1 Å². The molecule has 25 heavy (non-hydrogen) atoms. The van der Waals surface area contributed by atoms with Crippen molar-refractivity contribution in [2.45, 2.75) is 38.8 Å². The Morgan fingerprint density at radius 1 is 1.24 bits per heavy atom. The Labute approximate surface area is 155 Å². The summed E-state index contributed by atoms with van der Waals surface area (Å²) in [4.78, 5) is 7.06. The molecule has 0 spiro atoms. The minimum atomic E-state index is 0. The zero-order valence-electron chi connectivity index (χ0n) is 14.9. The largest absolute Gasteiger partial charge is 0.497 e. The summed E-state index contributed by atoms with van der Waals surface area (Å²) in [6, 6.07) is 8.31. The predicted octanol–water partition coefficient (Wildman–Crippen LogP) is 3.13. The van der Waals surface area contributed by atoms with Gasteiger partial charge < -0.3 is 14.6 Å². The second-order valence-electron chi connectivity index (χ2n) is 6.19. The van der Waals surface area contributed by atoms with Gasteiger partial charge in [0.2, 0.25) is 11.7 Å². The molecule has 1 aliphatic heterocycles. The third-order valence-corrected chi connectivity index (χ3v) is 4.49. The maximum atomic E-state index is 5.49. The molecule has 1 aliphatic rings. The molecule has 6 nitrogen and oxygen atoms in total. The van der Waals surface area contributed by atoms with E-state index in [1.54, 1.807) is 7.11 Å². The topological polar surface area (TPSA) is 63.4 Å². The van der Waals surface area contributed by atoms with E-state index in [4.69, 9.17) is 9.26 Å². The summed E-state index contributed by atoms with van der Waals surface area (Å²) in [7, 11) is 1.66. The summed E-state index contributed by atoms with van der Waals surface area (Å²) in [5, 5.41) is 7.56.